The lowest BCUT2D eigenvalue weighted by molar-refractivity contribution is -0.138. The zero-order valence-corrected chi connectivity index (χ0v) is 15.3. The van der Waals surface area contributed by atoms with Gasteiger partial charge in [-0.15, -0.1) is 0 Å². The van der Waals surface area contributed by atoms with Crippen LogP contribution in [0.2, 0.25) is 0 Å². The smallest absolute Gasteiger partial charge is 0.243 e. The first-order valence-electron chi connectivity index (χ1n) is 9.97. The predicted molar refractivity (Wildman–Crippen MR) is 101 cm³/mol. The number of rotatable bonds is 6. The van der Waals surface area contributed by atoms with Gasteiger partial charge >= 0.3 is 0 Å². The molecule has 1 aliphatic heterocycles. The molecule has 0 bridgehead atoms. The van der Waals surface area contributed by atoms with Crippen molar-refractivity contribution in [2.75, 3.05) is 6.54 Å². The standard InChI is InChI=1S/C21H27N3O2/c25-20(23-15-14-19(22-23)16-6-2-1-3-7-16)12-13-21(26)24(18-10-11-18)17-8-4-5-9-17/h1-3,6-7,17-18H,4-5,8-15H2. The van der Waals surface area contributed by atoms with Crippen molar-refractivity contribution in [3.8, 4) is 0 Å². The van der Waals surface area contributed by atoms with Crippen molar-refractivity contribution in [2.45, 2.75) is 69.9 Å². The van der Waals surface area contributed by atoms with E-state index in [4.69, 9.17) is 0 Å². The van der Waals surface area contributed by atoms with Crippen LogP contribution >= 0.6 is 0 Å². The number of amides is 2. The summed E-state index contributed by atoms with van der Waals surface area (Å²) in [4.78, 5) is 27.4. The summed E-state index contributed by atoms with van der Waals surface area (Å²) < 4.78 is 0. The van der Waals surface area contributed by atoms with Gasteiger partial charge in [-0.05, 0) is 31.2 Å². The highest BCUT2D eigenvalue weighted by atomic mass is 16.2. The van der Waals surface area contributed by atoms with Gasteiger partial charge in [0.1, 0.15) is 0 Å². The van der Waals surface area contributed by atoms with Crippen LogP contribution in [0.4, 0.5) is 0 Å². The van der Waals surface area contributed by atoms with E-state index in [0.29, 0.717) is 25.0 Å². The quantitative estimate of drug-likeness (QED) is 0.788. The second kappa shape index (κ2) is 7.60. The molecule has 4 rings (SSSR count). The minimum atomic E-state index is -0.0357. The normalized spacial score (nSPS) is 20.3. The van der Waals surface area contributed by atoms with E-state index in [1.54, 1.807) is 5.01 Å². The first-order valence-corrected chi connectivity index (χ1v) is 9.97. The average molecular weight is 353 g/mol. The van der Waals surface area contributed by atoms with E-state index < -0.39 is 0 Å². The van der Waals surface area contributed by atoms with E-state index in [9.17, 15) is 9.59 Å². The van der Waals surface area contributed by atoms with Gasteiger partial charge in [-0.2, -0.15) is 5.10 Å². The van der Waals surface area contributed by atoms with Crippen molar-refractivity contribution in [3.05, 3.63) is 35.9 Å². The molecule has 3 aliphatic rings. The van der Waals surface area contributed by atoms with E-state index in [1.165, 1.54) is 12.8 Å². The molecule has 0 atom stereocenters. The molecule has 2 aliphatic carbocycles. The fraction of sp³-hybridized carbons (Fsp3) is 0.571. The first-order chi connectivity index (χ1) is 12.7. The van der Waals surface area contributed by atoms with E-state index in [0.717, 1.165) is 43.4 Å². The van der Waals surface area contributed by atoms with E-state index in [-0.39, 0.29) is 18.2 Å². The number of hydrogen-bond acceptors (Lipinski definition) is 3. The predicted octanol–water partition coefficient (Wildman–Crippen LogP) is 3.34. The second-order valence-corrected chi connectivity index (χ2v) is 7.65. The van der Waals surface area contributed by atoms with E-state index in [2.05, 4.69) is 10.0 Å². The van der Waals surface area contributed by atoms with Gasteiger partial charge in [-0.25, -0.2) is 5.01 Å². The molecule has 2 amide bonds. The SMILES string of the molecule is O=C(CCC(=O)N(C1CCCC1)C1CC1)N1CCC(c2ccccc2)=N1. The summed E-state index contributed by atoms with van der Waals surface area (Å²) in [5, 5.41) is 6.03. The van der Waals surface area contributed by atoms with Crippen molar-refractivity contribution in [2.24, 2.45) is 5.10 Å². The molecular formula is C21H27N3O2. The van der Waals surface area contributed by atoms with Crippen molar-refractivity contribution in [1.82, 2.24) is 9.91 Å². The molecule has 0 saturated heterocycles. The highest BCUT2D eigenvalue weighted by molar-refractivity contribution is 6.02. The summed E-state index contributed by atoms with van der Waals surface area (Å²) in [6.07, 6.45) is 8.34. The molecule has 0 unspecified atom stereocenters. The Morgan fingerprint density at radius 1 is 1.00 bits per heavy atom. The fourth-order valence-corrected chi connectivity index (χ4v) is 4.18. The van der Waals surface area contributed by atoms with Crippen LogP contribution in [-0.4, -0.2) is 46.1 Å². The molecule has 2 fully saturated rings. The summed E-state index contributed by atoms with van der Waals surface area (Å²) >= 11 is 0. The lowest BCUT2D eigenvalue weighted by Crippen LogP contribution is -2.41. The highest BCUT2D eigenvalue weighted by Gasteiger charge is 2.38. The van der Waals surface area contributed by atoms with Crippen LogP contribution in [0, 0.1) is 0 Å². The summed E-state index contributed by atoms with van der Waals surface area (Å²) in [5.74, 6) is 0.130. The molecule has 5 heteroatoms. The minimum Gasteiger partial charge on any atom is -0.337 e. The van der Waals surface area contributed by atoms with E-state index in [1.807, 2.05) is 30.3 Å². The molecule has 5 nitrogen and oxygen atoms in total. The van der Waals surface area contributed by atoms with Crippen LogP contribution in [0.5, 0.6) is 0 Å². The monoisotopic (exact) mass is 353 g/mol. The Labute approximate surface area is 155 Å². The average Bonchev–Trinajstić information content (AvgIpc) is 3.13. The fourth-order valence-electron chi connectivity index (χ4n) is 4.18. The Balaban J connectivity index is 1.32. The van der Waals surface area contributed by atoms with Gasteiger partial charge in [0.25, 0.3) is 0 Å². The zero-order chi connectivity index (χ0) is 17.9. The summed E-state index contributed by atoms with van der Waals surface area (Å²) in [5.41, 5.74) is 2.02. The third kappa shape index (κ3) is 3.81. The van der Waals surface area contributed by atoms with Gasteiger partial charge in [0.15, 0.2) is 0 Å². The van der Waals surface area contributed by atoms with Crippen LogP contribution in [-0.2, 0) is 9.59 Å². The number of carbonyl (C=O) groups excluding carboxylic acids is 2. The van der Waals surface area contributed by atoms with Crippen molar-refractivity contribution >= 4 is 17.5 Å². The maximum Gasteiger partial charge on any atom is 0.243 e. The highest BCUT2D eigenvalue weighted by Crippen LogP contribution is 2.35. The Bertz CT molecular complexity index is 690. The third-order valence-electron chi connectivity index (χ3n) is 5.70. The molecule has 2 saturated carbocycles. The van der Waals surface area contributed by atoms with E-state index >= 15 is 0 Å². The molecule has 138 valence electrons. The maximum absolute atomic E-state index is 12.7. The van der Waals surface area contributed by atoms with Crippen LogP contribution in [0.3, 0.4) is 0 Å². The Hall–Kier alpha value is -2.17. The molecule has 0 radical (unpaired) electrons. The summed E-state index contributed by atoms with van der Waals surface area (Å²) in [6.45, 7) is 0.617. The largest absolute Gasteiger partial charge is 0.337 e. The second-order valence-electron chi connectivity index (χ2n) is 7.65. The minimum absolute atomic E-state index is 0.0357. The third-order valence-corrected chi connectivity index (χ3v) is 5.70. The summed E-state index contributed by atoms with van der Waals surface area (Å²) in [6, 6.07) is 10.8. The van der Waals surface area contributed by atoms with Crippen molar-refractivity contribution < 1.29 is 9.59 Å². The van der Waals surface area contributed by atoms with Gasteiger partial charge in [0.05, 0.1) is 12.3 Å². The number of hydrogen-bond donors (Lipinski definition) is 0. The lowest BCUT2D eigenvalue weighted by Gasteiger charge is -2.29. The van der Waals surface area contributed by atoms with Gasteiger partial charge < -0.3 is 4.90 Å². The Morgan fingerprint density at radius 2 is 1.69 bits per heavy atom. The molecule has 1 aromatic rings. The summed E-state index contributed by atoms with van der Waals surface area (Å²) in [7, 11) is 0. The number of benzene rings is 1. The maximum atomic E-state index is 12.7. The van der Waals surface area contributed by atoms with Gasteiger partial charge in [-0.1, -0.05) is 43.2 Å². The van der Waals surface area contributed by atoms with Crippen LogP contribution in [0.25, 0.3) is 0 Å². The topological polar surface area (TPSA) is 53.0 Å². The molecule has 0 spiro atoms. The Kier molecular flexibility index (Phi) is 5.05. The molecule has 26 heavy (non-hydrogen) atoms. The zero-order valence-electron chi connectivity index (χ0n) is 15.3. The molecule has 1 aromatic carbocycles. The van der Waals surface area contributed by atoms with Gasteiger partial charge in [0, 0.05) is 31.3 Å². The van der Waals surface area contributed by atoms with Gasteiger partial charge in [0.2, 0.25) is 11.8 Å². The molecule has 0 aromatic heterocycles. The molecular weight excluding hydrogens is 326 g/mol. The lowest BCUT2D eigenvalue weighted by atomic mass is 10.1. The van der Waals surface area contributed by atoms with Crippen LogP contribution in [0.1, 0.15) is 63.4 Å². The van der Waals surface area contributed by atoms with Gasteiger partial charge in [-0.3, -0.25) is 9.59 Å². The first kappa shape index (κ1) is 17.3. The van der Waals surface area contributed by atoms with Crippen LogP contribution in [0.15, 0.2) is 35.4 Å². The van der Waals surface area contributed by atoms with Crippen molar-refractivity contribution in [3.63, 3.8) is 0 Å². The van der Waals surface area contributed by atoms with Crippen molar-refractivity contribution in [1.29, 1.82) is 0 Å². The number of hydrazone groups is 1. The number of carbonyl (C=O) groups is 2. The Morgan fingerprint density at radius 3 is 2.38 bits per heavy atom. The molecule has 1 heterocycles. The van der Waals surface area contributed by atoms with Crippen LogP contribution < -0.4 is 0 Å². The molecule has 0 N–H and O–H groups in total. The number of nitrogens with zero attached hydrogens (tertiary/aromatic N) is 3.